The number of ether oxygens (including phenoxy) is 2. The first-order valence-electron chi connectivity index (χ1n) is 12.1. The molecular formula is C27H31FN2O5S2. The van der Waals surface area contributed by atoms with E-state index >= 15 is 0 Å². The van der Waals surface area contributed by atoms with Crippen molar-refractivity contribution >= 4 is 27.3 Å². The molecule has 3 aromatic rings. The summed E-state index contributed by atoms with van der Waals surface area (Å²) < 4.78 is 52.6. The minimum absolute atomic E-state index is 0.151. The van der Waals surface area contributed by atoms with Crippen molar-refractivity contribution in [2.24, 2.45) is 0 Å². The number of methoxy groups -OCH3 is 1. The molecule has 37 heavy (non-hydrogen) atoms. The molecule has 1 unspecified atom stereocenters. The van der Waals surface area contributed by atoms with E-state index < -0.39 is 10.0 Å². The Hall–Kier alpha value is -2.79. The summed E-state index contributed by atoms with van der Waals surface area (Å²) in [6, 6.07) is 14.0. The number of thiophene rings is 1. The zero-order chi connectivity index (χ0) is 26.4. The highest BCUT2D eigenvalue weighted by atomic mass is 32.2. The van der Waals surface area contributed by atoms with Crippen molar-refractivity contribution in [3.05, 3.63) is 81.8 Å². The summed E-state index contributed by atoms with van der Waals surface area (Å²) in [6.45, 7) is 2.77. The van der Waals surface area contributed by atoms with Crippen LogP contribution < -0.4 is 4.74 Å². The lowest BCUT2D eigenvalue weighted by atomic mass is 10.0. The molecule has 1 amide bonds. The number of aryl methyl sites for hydroxylation is 1. The molecule has 198 valence electrons. The summed E-state index contributed by atoms with van der Waals surface area (Å²) in [6.07, 6.45) is 1.15. The van der Waals surface area contributed by atoms with E-state index in [-0.39, 0.29) is 42.4 Å². The fourth-order valence-electron chi connectivity index (χ4n) is 4.35. The zero-order valence-corrected chi connectivity index (χ0v) is 22.6. The number of fused-ring (bicyclic) bond motifs is 1. The van der Waals surface area contributed by atoms with Gasteiger partial charge in [0.15, 0.2) is 0 Å². The van der Waals surface area contributed by atoms with Crippen LogP contribution in [-0.2, 0) is 26.0 Å². The number of benzene rings is 2. The molecule has 10 heteroatoms. The first-order chi connectivity index (χ1) is 17.8. The van der Waals surface area contributed by atoms with Crippen LogP contribution in [0.1, 0.15) is 28.5 Å². The molecule has 4 rings (SSSR count). The fourth-order valence-corrected chi connectivity index (χ4v) is 6.71. The number of halogens is 1. The summed E-state index contributed by atoms with van der Waals surface area (Å²) in [5.74, 6) is -0.151. The monoisotopic (exact) mass is 546 g/mol. The van der Waals surface area contributed by atoms with E-state index in [2.05, 4.69) is 0 Å². The molecule has 1 aliphatic rings. The van der Waals surface area contributed by atoms with Gasteiger partial charge >= 0.3 is 0 Å². The molecule has 0 bridgehead atoms. The molecular weight excluding hydrogens is 515 g/mol. The van der Waals surface area contributed by atoms with Crippen LogP contribution >= 0.6 is 11.3 Å². The third-order valence-corrected chi connectivity index (χ3v) is 9.22. The molecule has 0 aliphatic carbocycles. The summed E-state index contributed by atoms with van der Waals surface area (Å²) in [7, 11) is -2.34. The van der Waals surface area contributed by atoms with Crippen molar-refractivity contribution < 1.29 is 27.1 Å². The summed E-state index contributed by atoms with van der Waals surface area (Å²) in [5.41, 5.74) is 1.95. The Balaban J connectivity index is 1.55. The molecule has 1 aliphatic heterocycles. The van der Waals surface area contributed by atoms with Gasteiger partial charge < -0.3 is 14.4 Å². The van der Waals surface area contributed by atoms with E-state index in [1.54, 1.807) is 59.7 Å². The number of amides is 1. The van der Waals surface area contributed by atoms with Gasteiger partial charge in [-0.1, -0.05) is 17.7 Å². The Labute approximate surface area is 221 Å². The van der Waals surface area contributed by atoms with Crippen LogP contribution in [0.25, 0.3) is 0 Å². The summed E-state index contributed by atoms with van der Waals surface area (Å²) in [5, 5.41) is 1.99. The Morgan fingerprint density at radius 2 is 1.86 bits per heavy atom. The minimum Gasteiger partial charge on any atom is -0.491 e. The van der Waals surface area contributed by atoms with Gasteiger partial charge in [-0.3, -0.25) is 4.79 Å². The predicted octanol–water partition coefficient (Wildman–Crippen LogP) is 4.43. The van der Waals surface area contributed by atoms with Crippen LogP contribution in [0.2, 0.25) is 0 Å². The molecule has 0 radical (unpaired) electrons. The number of hydrogen-bond acceptors (Lipinski definition) is 6. The highest BCUT2D eigenvalue weighted by Crippen LogP contribution is 2.34. The number of carbonyl (C=O) groups excluding carboxylic acids is 1. The summed E-state index contributed by atoms with van der Waals surface area (Å²) in [4.78, 5) is 16.7. The molecule has 0 N–H and O–H groups in total. The van der Waals surface area contributed by atoms with Crippen molar-refractivity contribution in [2.45, 2.75) is 30.7 Å². The van der Waals surface area contributed by atoms with Gasteiger partial charge in [0.05, 0.1) is 17.5 Å². The Kier molecular flexibility index (Phi) is 8.96. The molecule has 0 fully saturated rings. The average molecular weight is 547 g/mol. The summed E-state index contributed by atoms with van der Waals surface area (Å²) >= 11 is 1.63. The molecule has 0 saturated carbocycles. The number of nitrogens with zero attached hydrogens (tertiary/aromatic N) is 2. The van der Waals surface area contributed by atoms with Gasteiger partial charge in [-0.15, -0.1) is 11.3 Å². The topological polar surface area (TPSA) is 76.2 Å². The van der Waals surface area contributed by atoms with Crippen molar-refractivity contribution in [3.63, 3.8) is 0 Å². The predicted molar refractivity (Wildman–Crippen MR) is 141 cm³/mol. The maximum absolute atomic E-state index is 13.7. The number of carbonyl (C=O) groups is 1. The van der Waals surface area contributed by atoms with Crippen LogP contribution in [0.5, 0.6) is 5.75 Å². The molecule has 2 heterocycles. The van der Waals surface area contributed by atoms with Gasteiger partial charge in [0.2, 0.25) is 15.9 Å². The SMILES string of the molecule is COCCCN(CC(=O)N1CCc2sccc2C1COc1ccc(F)cc1)S(=O)(=O)c1ccc(C)cc1. The van der Waals surface area contributed by atoms with E-state index in [1.165, 1.54) is 21.3 Å². The smallest absolute Gasteiger partial charge is 0.243 e. The van der Waals surface area contributed by atoms with Gasteiger partial charge in [-0.25, -0.2) is 12.8 Å². The van der Waals surface area contributed by atoms with Crippen LogP contribution in [-0.4, -0.2) is 63.5 Å². The van der Waals surface area contributed by atoms with E-state index in [1.807, 2.05) is 18.4 Å². The minimum atomic E-state index is -3.89. The quantitative estimate of drug-likeness (QED) is 0.333. The standard InChI is InChI=1S/C27H31FN2O5S2/c1-20-4-10-23(11-5-20)37(32,33)29(14-3-16-34-2)18-27(31)30-15-12-26-24(13-17-36-26)25(30)19-35-22-8-6-21(28)7-9-22/h4-11,13,17,25H,3,12,14-16,18-19H2,1-2H3. The Morgan fingerprint density at radius 3 is 2.57 bits per heavy atom. The normalized spacial score (nSPS) is 15.6. The second-order valence-corrected chi connectivity index (χ2v) is 11.9. The molecule has 7 nitrogen and oxygen atoms in total. The number of rotatable bonds is 11. The second kappa shape index (κ2) is 12.2. The lowest BCUT2D eigenvalue weighted by Gasteiger charge is -2.37. The Bertz CT molecular complexity index is 1290. The maximum Gasteiger partial charge on any atom is 0.243 e. The van der Waals surface area contributed by atoms with Crippen LogP contribution in [0, 0.1) is 12.7 Å². The van der Waals surface area contributed by atoms with Crippen LogP contribution in [0.3, 0.4) is 0 Å². The molecule has 0 saturated heterocycles. The molecule has 1 aromatic heterocycles. The van der Waals surface area contributed by atoms with Crippen molar-refractivity contribution in [1.82, 2.24) is 9.21 Å². The first-order valence-corrected chi connectivity index (χ1v) is 14.4. The van der Waals surface area contributed by atoms with Crippen LogP contribution in [0.4, 0.5) is 4.39 Å². The van der Waals surface area contributed by atoms with Crippen LogP contribution in [0.15, 0.2) is 64.9 Å². The zero-order valence-electron chi connectivity index (χ0n) is 20.9. The van der Waals surface area contributed by atoms with E-state index in [4.69, 9.17) is 9.47 Å². The van der Waals surface area contributed by atoms with Gasteiger partial charge in [0, 0.05) is 31.7 Å². The largest absolute Gasteiger partial charge is 0.491 e. The van der Waals surface area contributed by atoms with Gasteiger partial charge in [0.1, 0.15) is 18.2 Å². The third kappa shape index (κ3) is 6.56. The van der Waals surface area contributed by atoms with Gasteiger partial charge in [-0.05, 0) is 73.2 Å². The number of hydrogen-bond donors (Lipinski definition) is 0. The van der Waals surface area contributed by atoms with Crippen molar-refractivity contribution in [2.75, 3.05) is 40.0 Å². The van der Waals surface area contributed by atoms with Crippen molar-refractivity contribution in [1.29, 1.82) is 0 Å². The van der Waals surface area contributed by atoms with Crippen molar-refractivity contribution in [3.8, 4) is 5.75 Å². The lowest BCUT2D eigenvalue weighted by molar-refractivity contribution is -0.135. The van der Waals surface area contributed by atoms with Gasteiger partial charge in [0.25, 0.3) is 0 Å². The average Bonchev–Trinajstić information content (AvgIpc) is 3.37. The molecule has 0 spiro atoms. The molecule has 1 atom stereocenters. The second-order valence-electron chi connectivity index (χ2n) is 8.91. The fraction of sp³-hybridized carbons (Fsp3) is 0.370. The van der Waals surface area contributed by atoms with Gasteiger partial charge in [-0.2, -0.15) is 4.31 Å². The lowest BCUT2D eigenvalue weighted by Crippen LogP contribution is -2.48. The Morgan fingerprint density at radius 1 is 1.14 bits per heavy atom. The highest BCUT2D eigenvalue weighted by Gasteiger charge is 2.35. The maximum atomic E-state index is 13.7. The van der Waals surface area contributed by atoms with E-state index in [0.717, 1.165) is 11.1 Å². The first kappa shape index (κ1) is 27.3. The van der Waals surface area contributed by atoms with E-state index in [0.29, 0.717) is 31.7 Å². The van der Waals surface area contributed by atoms with E-state index in [9.17, 15) is 17.6 Å². The number of sulfonamides is 1. The third-order valence-electron chi connectivity index (χ3n) is 6.36. The molecule has 2 aromatic carbocycles. The highest BCUT2D eigenvalue weighted by molar-refractivity contribution is 7.89.